The maximum atomic E-state index is 12.8. The van der Waals surface area contributed by atoms with Crippen LogP contribution in [0.1, 0.15) is 25.8 Å². The van der Waals surface area contributed by atoms with E-state index in [-0.39, 0.29) is 5.75 Å². The molecule has 5 nitrogen and oxygen atoms in total. The van der Waals surface area contributed by atoms with Gasteiger partial charge in [0.25, 0.3) is 0 Å². The summed E-state index contributed by atoms with van der Waals surface area (Å²) in [5.74, 6) is -1.99. The van der Waals surface area contributed by atoms with Gasteiger partial charge in [0.1, 0.15) is 12.4 Å². The molecule has 1 atom stereocenters. The molecule has 7 heteroatoms. The highest BCUT2D eigenvalue weighted by molar-refractivity contribution is 7.88. The molecule has 1 rings (SSSR count). The van der Waals surface area contributed by atoms with Crippen molar-refractivity contribution in [1.82, 2.24) is 4.31 Å². The third kappa shape index (κ3) is 4.57. The molecule has 1 aromatic rings. The number of carbonyl (C=O) groups is 1. The second-order valence-electron chi connectivity index (χ2n) is 4.58. The fourth-order valence-corrected chi connectivity index (χ4v) is 3.52. The van der Waals surface area contributed by atoms with Crippen LogP contribution in [0.25, 0.3) is 0 Å². The minimum Gasteiger partial charge on any atom is -0.480 e. The van der Waals surface area contributed by atoms with Crippen LogP contribution < -0.4 is 0 Å². The lowest BCUT2D eigenvalue weighted by Crippen LogP contribution is -2.42. The molecule has 0 aliphatic rings. The van der Waals surface area contributed by atoms with Gasteiger partial charge in [0, 0.05) is 6.04 Å². The van der Waals surface area contributed by atoms with Gasteiger partial charge in [-0.25, -0.2) is 12.8 Å². The fourth-order valence-electron chi connectivity index (χ4n) is 1.74. The van der Waals surface area contributed by atoms with E-state index < -0.39 is 34.4 Å². The Labute approximate surface area is 118 Å². The summed E-state index contributed by atoms with van der Waals surface area (Å²) < 4.78 is 38.3. The molecule has 1 aromatic carbocycles. The van der Waals surface area contributed by atoms with E-state index in [1.807, 2.05) is 0 Å². The highest BCUT2D eigenvalue weighted by atomic mass is 32.2. The van der Waals surface area contributed by atoms with Crippen LogP contribution in [-0.2, 0) is 20.6 Å². The van der Waals surface area contributed by atoms with Gasteiger partial charge in [-0.15, -0.1) is 0 Å². The SMILES string of the molecule is CCC(C)N(CC(=O)O)S(=O)(=O)Cc1ccc(F)cc1. The van der Waals surface area contributed by atoms with Crippen molar-refractivity contribution in [1.29, 1.82) is 0 Å². The number of nitrogens with zero attached hydrogens (tertiary/aromatic N) is 1. The molecule has 0 heterocycles. The van der Waals surface area contributed by atoms with Crippen molar-refractivity contribution in [3.8, 4) is 0 Å². The lowest BCUT2D eigenvalue weighted by molar-refractivity contribution is -0.137. The Morgan fingerprint density at radius 1 is 1.35 bits per heavy atom. The third-order valence-corrected chi connectivity index (χ3v) is 4.89. The van der Waals surface area contributed by atoms with Crippen molar-refractivity contribution in [2.24, 2.45) is 0 Å². The molecule has 0 saturated heterocycles. The standard InChI is InChI=1S/C13H18FNO4S/c1-3-10(2)15(8-13(16)17)20(18,19)9-11-4-6-12(14)7-5-11/h4-7,10H,3,8-9H2,1-2H3,(H,16,17). The maximum Gasteiger partial charge on any atom is 0.318 e. The van der Waals surface area contributed by atoms with E-state index in [9.17, 15) is 17.6 Å². The van der Waals surface area contributed by atoms with Crippen molar-refractivity contribution in [3.05, 3.63) is 35.6 Å². The van der Waals surface area contributed by atoms with Crippen LogP contribution in [0.4, 0.5) is 4.39 Å². The number of halogens is 1. The van der Waals surface area contributed by atoms with Crippen molar-refractivity contribution < 1.29 is 22.7 Å². The van der Waals surface area contributed by atoms with Crippen LogP contribution in [-0.4, -0.2) is 36.4 Å². The zero-order valence-electron chi connectivity index (χ0n) is 11.4. The van der Waals surface area contributed by atoms with Gasteiger partial charge in [0.15, 0.2) is 0 Å². The Bertz CT molecular complexity index is 556. The maximum absolute atomic E-state index is 12.8. The summed E-state index contributed by atoms with van der Waals surface area (Å²) in [6.45, 7) is 2.87. The van der Waals surface area contributed by atoms with E-state index in [4.69, 9.17) is 5.11 Å². The summed E-state index contributed by atoms with van der Waals surface area (Å²) in [7, 11) is -3.76. The topological polar surface area (TPSA) is 74.7 Å². The first-order valence-corrected chi connectivity index (χ1v) is 7.83. The first-order chi connectivity index (χ1) is 9.26. The summed E-state index contributed by atoms with van der Waals surface area (Å²) in [5, 5.41) is 8.84. The number of aliphatic carboxylic acids is 1. The number of hydrogen-bond donors (Lipinski definition) is 1. The Balaban J connectivity index is 2.97. The third-order valence-electron chi connectivity index (χ3n) is 2.99. The minimum atomic E-state index is -3.76. The van der Waals surface area contributed by atoms with Gasteiger partial charge in [-0.1, -0.05) is 19.1 Å². The van der Waals surface area contributed by atoms with Gasteiger partial charge in [0.05, 0.1) is 5.75 Å². The Hall–Kier alpha value is -1.47. The van der Waals surface area contributed by atoms with Crippen molar-refractivity contribution in [2.75, 3.05) is 6.54 Å². The molecular formula is C13H18FNO4S. The zero-order chi connectivity index (χ0) is 15.3. The molecule has 0 aliphatic carbocycles. The van der Waals surface area contributed by atoms with E-state index in [2.05, 4.69) is 0 Å². The molecule has 1 N–H and O–H groups in total. The van der Waals surface area contributed by atoms with Crippen LogP contribution in [0.2, 0.25) is 0 Å². The van der Waals surface area contributed by atoms with Crippen molar-refractivity contribution in [3.63, 3.8) is 0 Å². The van der Waals surface area contributed by atoms with Crippen LogP contribution in [0.15, 0.2) is 24.3 Å². The highest BCUT2D eigenvalue weighted by Gasteiger charge is 2.28. The molecule has 20 heavy (non-hydrogen) atoms. The van der Waals surface area contributed by atoms with Crippen LogP contribution in [0, 0.1) is 5.82 Å². The number of sulfonamides is 1. The molecular weight excluding hydrogens is 285 g/mol. The number of carboxylic acid groups (broad SMARTS) is 1. The molecule has 0 bridgehead atoms. The summed E-state index contributed by atoms with van der Waals surface area (Å²) in [6.07, 6.45) is 0.510. The molecule has 0 radical (unpaired) electrons. The van der Waals surface area contributed by atoms with E-state index >= 15 is 0 Å². The first-order valence-electron chi connectivity index (χ1n) is 6.22. The van der Waals surface area contributed by atoms with Crippen LogP contribution in [0.3, 0.4) is 0 Å². The Kier molecular flexibility index (Phi) is 5.64. The zero-order valence-corrected chi connectivity index (χ0v) is 12.2. The van der Waals surface area contributed by atoms with Gasteiger partial charge in [-0.3, -0.25) is 4.79 Å². The number of carboxylic acids is 1. The fraction of sp³-hybridized carbons (Fsp3) is 0.462. The van der Waals surface area contributed by atoms with E-state index in [0.29, 0.717) is 12.0 Å². The molecule has 0 spiro atoms. The van der Waals surface area contributed by atoms with Crippen molar-refractivity contribution in [2.45, 2.75) is 32.1 Å². The van der Waals surface area contributed by atoms with Crippen LogP contribution in [0.5, 0.6) is 0 Å². The molecule has 0 saturated carbocycles. The predicted molar refractivity (Wildman–Crippen MR) is 73.1 cm³/mol. The molecule has 0 aromatic heterocycles. The Morgan fingerprint density at radius 2 is 1.90 bits per heavy atom. The second-order valence-corrected chi connectivity index (χ2v) is 6.50. The smallest absolute Gasteiger partial charge is 0.318 e. The van der Waals surface area contributed by atoms with Crippen LogP contribution >= 0.6 is 0 Å². The average molecular weight is 303 g/mol. The minimum absolute atomic E-state index is 0.342. The van der Waals surface area contributed by atoms with Gasteiger partial charge < -0.3 is 5.11 Å². The summed E-state index contributed by atoms with van der Waals surface area (Å²) in [6, 6.07) is 4.70. The van der Waals surface area contributed by atoms with Gasteiger partial charge >= 0.3 is 5.97 Å². The molecule has 0 fully saturated rings. The number of benzene rings is 1. The van der Waals surface area contributed by atoms with Gasteiger partial charge in [-0.2, -0.15) is 4.31 Å². The summed E-state index contributed by atoms with van der Waals surface area (Å²) in [5.41, 5.74) is 0.421. The van der Waals surface area contributed by atoms with E-state index in [0.717, 1.165) is 4.31 Å². The molecule has 112 valence electrons. The van der Waals surface area contributed by atoms with Gasteiger partial charge in [-0.05, 0) is 31.0 Å². The quantitative estimate of drug-likeness (QED) is 0.834. The summed E-state index contributed by atoms with van der Waals surface area (Å²) >= 11 is 0. The highest BCUT2D eigenvalue weighted by Crippen LogP contribution is 2.16. The molecule has 0 aliphatic heterocycles. The largest absolute Gasteiger partial charge is 0.480 e. The molecule has 1 unspecified atom stereocenters. The normalized spacial score (nSPS) is 13.4. The van der Waals surface area contributed by atoms with E-state index in [1.54, 1.807) is 13.8 Å². The van der Waals surface area contributed by atoms with Gasteiger partial charge in [0.2, 0.25) is 10.0 Å². The number of hydrogen-bond acceptors (Lipinski definition) is 3. The number of rotatable bonds is 7. The lowest BCUT2D eigenvalue weighted by Gasteiger charge is -2.26. The average Bonchev–Trinajstić information content (AvgIpc) is 2.37. The Morgan fingerprint density at radius 3 is 2.35 bits per heavy atom. The second kappa shape index (κ2) is 6.81. The predicted octanol–water partition coefficient (Wildman–Crippen LogP) is 1.84. The lowest BCUT2D eigenvalue weighted by atomic mass is 10.2. The first kappa shape index (κ1) is 16.6. The van der Waals surface area contributed by atoms with E-state index in [1.165, 1.54) is 24.3 Å². The molecule has 0 amide bonds. The summed E-state index contributed by atoms with van der Waals surface area (Å²) in [4.78, 5) is 10.8. The van der Waals surface area contributed by atoms with Crippen molar-refractivity contribution >= 4 is 16.0 Å². The monoisotopic (exact) mass is 303 g/mol.